The minimum Gasteiger partial charge on any atom is -0.383 e. The van der Waals surface area contributed by atoms with Crippen molar-refractivity contribution in [1.82, 2.24) is 5.32 Å². The van der Waals surface area contributed by atoms with Crippen LogP contribution in [0.4, 0.5) is 0 Å². The lowest BCUT2D eigenvalue weighted by Crippen LogP contribution is -2.23. The molecule has 1 nitrogen and oxygen atoms in total. The van der Waals surface area contributed by atoms with Crippen LogP contribution in [0.1, 0.15) is 33.1 Å². The summed E-state index contributed by atoms with van der Waals surface area (Å²) in [6, 6.07) is 0.516. The molecule has 0 saturated heterocycles. The Kier molecular flexibility index (Phi) is 7.08. The molecule has 0 aliphatic carbocycles. The highest BCUT2D eigenvalue weighted by molar-refractivity contribution is 5.16. The summed E-state index contributed by atoms with van der Waals surface area (Å²) in [5.74, 6) is 0. The zero-order valence-electron chi connectivity index (χ0n) is 8.84. The zero-order chi connectivity index (χ0) is 10.1. The number of hydrogen-bond acceptors (Lipinski definition) is 1. The van der Waals surface area contributed by atoms with Crippen LogP contribution < -0.4 is 5.32 Å². The Labute approximate surface area is 82.2 Å². The van der Waals surface area contributed by atoms with Gasteiger partial charge >= 0.3 is 0 Å². The predicted molar refractivity (Wildman–Crippen MR) is 60.6 cm³/mol. The van der Waals surface area contributed by atoms with Gasteiger partial charge in [0, 0.05) is 11.7 Å². The minimum atomic E-state index is 0.516. The molecule has 0 amide bonds. The van der Waals surface area contributed by atoms with E-state index in [0.29, 0.717) is 6.04 Å². The molecule has 1 heteroatoms. The highest BCUT2D eigenvalue weighted by Gasteiger charge is 1.98. The van der Waals surface area contributed by atoms with Crippen molar-refractivity contribution < 1.29 is 0 Å². The van der Waals surface area contributed by atoms with Gasteiger partial charge in [0.25, 0.3) is 0 Å². The molecular weight excluding hydrogens is 158 g/mol. The average Bonchev–Trinajstić information content (AvgIpc) is 2.11. The van der Waals surface area contributed by atoms with Crippen molar-refractivity contribution in [2.45, 2.75) is 39.2 Å². The summed E-state index contributed by atoms with van der Waals surface area (Å²) in [6.07, 6.45) is 9.31. The topological polar surface area (TPSA) is 12.0 Å². The third-order valence-electron chi connectivity index (χ3n) is 1.86. The molecule has 0 bridgehead atoms. The van der Waals surface area contributed by atoms with Crippen molar-refractivity contribution in [2.24, 2.45) is 0 Å². The Bertz CT molecular complexity index is 180. The van der Waals surface area contributed by atoms with Crippen LogP contribution in [0.2, 0.25) is 0 Å². The molecule has 0 aliphatic rings. The molecular formula is C12H21N. The van der Waals surface area contributed by atoms with Gasteiger partial charge in [-0.2, -0.15) is 0 Å². The third-order valence-corrected chi connectivity index (χ3v) is 1.86. The number of rotatable bonds is 7. The molecule has 0 aromatic rings. The first kappa shape index (κ1) is 12.0. The number of unbranched alkanes of at least 4 members (excludes halogenated alkanes) is 1. The van der Waals surface area contributed by atoms with Gasteiger partial charge in [-0.1, -0.05) is 45.1 Å². The van der Waals surface area contributed by atoms with E-state index in [1.54, 1.807) is 6.08 Å². The van der Waals surface area contributed by atoms with Gasteiger partial charge in [0.2, 0.25) is 0 Å². The lowest BCUT2D eigenvalue weighted by molar-refractivity contribution is 0.546. The predicted octanol–water partition coefficient (Wildman–Crippen LogP) is 3.41. The molecule has 0 rings (SSSR count). The Hall–Kier alpha value is -0.980. The van der Waals surface area contributed by atoms with Crippen LogP contribution in [0.3, 0.4) is 0 Å². The first-order valence-electron chi connectivity index (χ1n) is 4.95. The molecule has 1 N–H and O–H groups in total. The molecule has 74 valence electrons. The quantitative estimate of drug-likeness (QED) is 0.590. The van der Waals surface area contributed by atoms with Crippen molar-refractivity contribution >= 4 is 0 Å². The van der Waals surface area contributed by atoms with Crippen LogP contribution >= 0.6 is 0 Å². The minimum absolute atomic E-state index is 0.516. The Morgan fingerprint density at radius 2 is 2.23 bits per heavy atom. The summed E-state index contributed by atoms with van der Waals surface area (Å²) < 4.78 is 0. The Morgan fingerprint density at radius 3 is 2.77 bits per heavy atom. The molecule has 0 spiro atoms. The zero-order valence-corrected chi connectivity index (χ0v) is 8.84. The first-order chi connectivity index (χ1) is 6.20. The fourth-order valence-electron chi connectivity index (χ4n) is 1.13. The second-order valence-electron chi connectivity index (χ2n) is 3.31. The average molecular weight is 179 g/mol. The van der Waals surface area contributed by atoms with Crippen LogP contribution in [-0.2, 0) is 0 Å². The third kappa shape index (κ3) is 7.38. The van der Waals surface area contributed by atoms with Gasteiger partial charge < -0.3 is 5.32 Å². The summed E-state index contributed by atoms with van der Waals surface area (Å²) in [7, 11) is 0. The van der Waals surface area contributed by atoms with E-state index in [9.17, 15) is 0 Å². The molecule has 1 unspecified atom stereocenters. The lowest BCUT2D eigenvalue weighted by Gasteiger charge is -2.14. The molecule has 0 saturated carbocycles. The van der Waals surface area contributed by atoms with E-state index < -0.39 is 0 Å². The largest absolute Gasteiger partial charge is 0.383 e. The molecule has 0 heterocycles. The fraction of sp³-hybridized carbons (Fsp3) is 0.500. The van der Waals surface area contributed by atoms with Gasteiger partial charge in [-0.05, 0) is 19.4 Å². The van der Waals surface area contributed by atoms with Crippen LogP contribution in [0.15, 0.2) is 37.1 Å². The smallest absolute Gasteiger partial charge is 0.0269 e. The SMILES string of the molecule is C=C/C=C\C(=C)NC(C)CCCC. The fourth-order valence-corrected chi connectivity index (χ4v) is 1.13. The monoisotopic (exact) mass is 179 g/mol. The van der Waals surface area contributed by atoms with Crippen LogP contribution in [0.5, 0.6) is 0 Å². The molecule has 0 fully saturated rings. The van der Waals surface area contributed by atoms with Crippen molar-refractivity contribution in [3.05, 3.63) is 37.1 Å². The van der Waals surface area contributed by atoms with Crippen LogP contribution in [0, 0.1) is 0 Å². The maximum Gasteiger partial charge on any atom is 0.0269 e. The van der Waals surface area contributed by atoms with Crippen molar-refractivity contribution in [3.8, 4) is 0 Å². The van der Waals surface area contributed by atoms with Crippen LogP contribution in [0.25, 0.3) is 0 Å². The number of nitrogens with one attached hydrogen (secondary N) is 1. The van der Waals surface area contributed by atoms with E-state index in [1.807, 2.05) is 12.2 Å². The summed E-state index contributed by atoms with van der Waals surface area (Å²) in [5.41, 5.74) is 0.962. The summed E-state index contributed by atoms with van der Waals surface area (Å²) in [5, 5.41) is 3.32. The van der Waals surface area contributed by atoms with E-state index >= 15 is 0 Å². The van der Waals surface area contributed by atoms with Crippen molar-refractivity contribution in [1.29, 1.82) is 0 Å². The Balaban J connectivity index is 3.64. The van der Waals surface area contributed by atoms with Crippen molar-refractivity contribution in [2.75, 3.05) is 0 Å². The van der Waals surface area contributed by atoms with E-state index in [-0.39, 0.29) is 0 Å². The van der Waals surface area contributed by atoms with E-state index in [1.165, 1.54) is 19.3 Å². The highest BCUT2D eigenvalue weighted by atomic mass is 14.9. The van der Waals surface area contributed by atoms with E-state index in [0.717, 1.165) is 5.70 Å². The van der Waals surface area contributed by atoms with Gasteiger partial charge in [-0.15, -0.1) is 0 Å². The molecule has 13 heavy (non-hydrogen) atoms. The van der Waals surface area contributed by atoms with E-state index in [4.69, 9.17) is 0 Å². The van der Waals surface area contributed by atoms with Crippen LogP contribution in [-0.4, -0.2) is 6.04 Å². The number of hydrogen-bond donors (Lipinski definition) is 1. The first-order valence-corrected chi connectivity index (χ1v) is 4.95. The van der Waals surface area contributed by atoms with Crippen molar-refractivity contribution in [3.63, 3.8) is 0 Å². The molecule has 0 aliphatic heterocycles. The molecule has 0 aromatic heterocycles. The van der Waals surface area contributed by atoms with E-state index in [2.05, 4.69) is 32.3 Å². The highest BCUT2D eigenvalue weighted by Crippen LogP contribution is 2.01. The van der Waals surface area contributed by atoms with Gasteiger partial charge in [-0.25, -0.2) is 0 Å². The maximum absolute atomic E-state index is 3.89. The normalized spacial score (nSPS) is 12.8. The van der Waals surface area contributed by atoms with Gasteiger partial charge in [0.15, 0.2) is 0 Å². The van der Waals surface area contributed by atoms with Gasteiger partial charge in [-0.3, -0.25) is 0 Å². The van der Waals surface area contributed by atoms with Gasteiger partial charge in [0.1, 0.15) is 0 Å². The van der Waals surface area contributed by atoms with Gasteiger partial charge in [0.05, 0.1) is 0 Å². The summed E-state index contributed by atoms with van der Waals surface area (Å²) >= 11 is 0. The second-order valence-corrected chi connectivity index (χ2v) is 3.31. The lowest BCUT2D eigenvalue weighted by atomic mass is 10.1. The maximum atomic E-state index is 3.89. The summed E-state index contributed by atoms with van der Waals surface area (Å²) in [4.78, 5) is 0. The summed E-state index contributed by atoms with van der Waals surface area (Å²) in [6.45, 7) is 11.9. The molecule has 0 aromatic carbocycles. The second kappa shape index (κ2) is 7.66. The molecule has 0 radical (unpaired) electrons. The standard InChI is InChI=1S/C12H21N/c1-5-7-9-11(3)13-12(4)10-8-6-2/h5,7,9,12-13H,1,3,6,8,10H2,2,4H3/b9-7-. The Morgan fingerprint density at radius 1 is 1.54 bits per heavy atom. The number of allylic oxidation sites excluding steroid dienone is 3. The molecule has 1 atom stereocenters.